The van der Waals surface area contributed by atoms with E-state index in [4.69, 9.17) is 0 Å². The molecule has 0 aliphatic rings. The summed E-state index contributed by atoms with van der Waals surface area (Å²) in [7, 11) is 0. The first-order valence-corrected chi connectivity index (χ1v) is 7.99. The molecule has 0 aliphatic carbocycles. The lowest BCUT2D eigenvalue weighted by Gasteiger charge is -2.09. The van der Waals surface area contributed by atoms with E-state index in [0.29, 0.717) is 0 Å². The van der Waals surface area contributed by atoms with E-state index in [0.717, 1.165) is 15.5 Å². The smallest absolute Gasteiger partial charge is 0.146 e. The highest BCUT2D eigenvalue weighted by atomic mass is 79.9. The molecule has 3 heterocycles. The van der Waals surface area contributed by atoms with Crippen molar-refractivity contribution in [3.05, 3.63) is 71.3 Å². The van der Waals surface area contributed by atoms with E-state index >= 15 is 0 Å². The maximum absolute atomic E-state index is 4.62. The molecular formula is C19H11BrN2. The first-order chi connectivity index (χ1) is 10.9. The normalized spacial score (nSPS) is 11.9. The van der Waals surface area contributed by atoms with Gasteiger partial charge in [0.1, 0.15) is 5.65 Å². The Hall–Kier alpha value is -2.39. The van der Waals surface area contributed by atoms with Gasteiger partial charge in [-0.25, -0.2) is 4.98 Å². The van der Waals surface area contributed by atoms with Gasteiger partial charge in [0.05, 0.1) is 15.5 Å². The lowest BCUT2D eigenvalue weighted by Crippen LogP contribution is -1.91. The van der Waals surface area contributed by atoms with Gasteiger partial charge in [-0.05, 0) is 39.5 Å². The minimum atomic E-state index is 0.992. The zero-order valence-electron chi connectivity index (χ0n) is 11.6. The average molecular weight is 347 g/mol. The van der Waals surface area contributed by atoms with Crippen molar-refractivity contribution in [2.24, 2.45) is 0 Å². The quantitative estimate of drug-likeness (QED) is 0.335. The molecule has 2 nitrogen and oxygen atoms in total. The molecular weight excluding hydrogens is 336 g/mol. The molecule has 3 heteroatoms. The van der Waals surface area contributed by atoms with E-state index in [-0.39, 0.29) is 0 Å². The van der Waals surface area contributed by atoms with Gasteiger partial charge >= 0.3 is 0 Å². The van der Waals surface area contributed by atoms with Crippen molar-refractivity contribution in [3.63, 3.8) is 0 Å². The Bertz CT molecular complexity index is 1190. The molecule has 0 radical (unpaired) electrons. The Labute approximate surface area is 135 Å². The molecule has 0 saturated carbocycles. The summed E-state index contributed by atoms with van der Waals surface area (Å²) in [5.41, 5.74) is 3.36. The first kappa shape index (κ1) is 12.2. The number of aromatic nitrogens is 2. The van der Waals surface area contributed by atoms with E-state index < -0.39 is 0 Å². The topological polar surface area (TPSA) is 17.3 Å². The summed E-state index contributed by atoms with van der Waals surface area (Å²) in [6, 6.07) is 21.2. The van der Waals surface area contributed by atoms with Gasteiger partial charge in [-0.2, -0.15) is 0 Å². The molecule has 0 atom stereocenters. The zero-order valence-corrected chi connectivity index (χ0v) is 13.2. The average Bonchev–Trinajstić information content (AvgIpc) is 2.89. The Morgan fingerprint density at radius 1 is 0.727 bits per heavy atom. The highest BCUT2D eigenvalue weighted by Gasteiger charge is 2.16. The van der Waals surface area contributed by atoms with Crippen LogP contribution in [0.25, 0.3) is 38.2 Å². The molecule has 0 N–H and O–H groups in total. The second-order valence-electron chi connectivity index (χ2n) is 5.44. The summed E-state index contributed by atoms with van der Waals surface area (Å²) >= 11 is 3.80. The Morgan fingerprint density at radius 2 is 1.41 bits per heavy atom. The molecule has 0 amide bonds. The van der Waals surface area contributed by atoms with Gasteiger partial charge in [-0.3, -0.25) is 4.40 Å². The van der Waals surface area contributed by atoms with E-state index in [1.54, 1.807) is 0 Å². The van der Waals surface area contributed by atoms with Crippen LogP contribution in [-0.2, 0) is 0 Å². The van der Waals surface area contributed by atoms with E-state index in [2.05, 4.69) is 79.9 Å². The minimum absolute atomic E-state index is 0.992. The molecule has 0 saturated heterocycles. The minimum Gasteiger partial charge on any atom is -0.292 e. The lowest BCUT2D eigenvalue weighted by atomic mass is 10.1. The number of hydrogen-bond acceptors (Lipinski definition) is 1. The monoisotopic (exact) mass is 346 g/mol. The second kappa shape index (κ2) is 4.31. The van der Waals surface area contributed by atoms with Gasteiger partial charge in [0.15, 0.2) is 0 Å². The Kier molecular flexibility index (Phi) is 2.38. The van der Waals surface area contributed by atoms with Crippen molar-refractivity contribution in [2.45, 2.75) is 0 Å². The number of benzene rings is 2. The van der Waals surface area contributed by atoms with Gasteiger partial charge in [0, 0.05) is 22.4 Å². The zero-order chi connectivity index (χ0) is 14.7. The molecule has 0 spiro atoms. The SMILES string of the molecule is Brc1c2cccnc2n2c3ccccc3c3ccccc3c12. The predicted molar refractivity (Wildman–Crippen MR) is 95.4 cm³/mol. The predicted octanol–water partition coefficient (Wildman–Crippen LogP) is 5.56. The highest BCUT2D eigenvalue weighted by Crippen LogP contribution is 2.38. The molecule has 5 rings (SSSR count). The molecule has 2 aromatic carbocycles. The summed E-state index contributed by atoms with van der Waals surface area (Å²) in [4.78, 5) is 4.62. The number of hydrogen-bond donors (Lipinski definition) is 0. The van der Waals surface area contributed by atoms with Crippen LogP contribution in [0, 0.1) is 0 Å². The van der Waals surface area contributed by atoms with Crippen LogP contribution < -0.4 is 0 Å². The third-order valence-corrected chi connectivity index (χ3v) is 5.09. The maximum Gasteiger partial charge on any atom is 0.146 e. The van der Waals surface area contributed by atoms with E-state index in [9.17, 15) is 0 Å². The molecule has 3 aromatic heterocycles. The Morgan fingerprint density at radius 3 is 2.27 bits per heavy atom. The highest BCUT2D eigenvalue weighted by molar-refractivity contribution is 9.10. The molecule has 104 valence electrons. The maximum atomic E-state index is 4.62. The fourth-order valence-electron chi connectivity index (χ4n) is 3.37. The van der Waals surface area contributed by atoms with E-state index in [1.165, 1.54) is 27.2 Å². The number of rotatable bonds is 0. The van der Waals surface area contributed by atoms with E-state index in [1.807, 2.05) is 12.3 Å². The third-order valence-electron chi connectivity index (χ3n) is 4.28. The van der Waals surface area contributed by atoms with Crippen LogP contribution >= 0.6 is 15.9 Å². The summed E-state index contributed by atoms with van der Waals surface area (Å²) in [6.45, 7) is 0. The number of nitrogens with zero attached hydrogens (tertiary/aromatic N) is 2. The fourth-order valence-corrected chi connectivity index (χ4v) is 4.07. The van der Waals surface area contributed by atoms with Crippen molar-refractivity contribution >= 4 is 54.2 Å². The summed E-state index contributed by atoms with van der Waals surface area (Å²) in [6.07, 6.45) is 1.85. The van der Waals surface area contributed by atoms with Gasteiger partial charge < -0.3 is 0 Å². The van der Waals surface area contributed by atoms with Crippen LogP contribution in [0.5, 0.6) is 0 Å². The molecule has 5 aromatic rings. The molecule has 0 aliphatic heterocycles. The lowest BCUT2D eigenvalue weighted by molar-refractivity contribution is 1.26. The first-order valence-electron chi connectivity index (χ1n) is 7.20. The summed E-state index contributed by atoms with van der Waals surface area (Å²) in [5, 5.41) is 4.91. The fraction of sp³-hybridized carbons (Fsp3) is 0. The molecule has 0 unspecified atom stereocenters. The van der Waals surface area contributed by atoms with Crippen LogP contribution in [0.2, 0.25) is 0 Å². The number of pyridine rings is 2. The molecule has 0 fully saturated rings. The van der Waals surface area contributed by atoms with Gasteiger partial charge in [0.2, 0.25) is 0 Å². The Balaban J connectivity index is 2.29. The van der Waals surface area contributed by atoms with Crippen LogP contribution in [0.4, 0.5) is 0 Å². The van der Waals surface area contributed by atoms with Crippen LogP contribution in [-0.4, -0.2) is 9.38 Å². The summed E-state index contributed by atoms with van der Waals surface area (Å²) < 4.78 is 3.37. The standard InChI is InChI=1S/C19H11BrN2/c20-17-15-9-5-11-21-19(15)22-16-10-4-3-7-13(16)12-6-1-2-8-14(12)18(17)22/h1-11H. The molecule has 22 heavy (non-hydrogen) atoms. The number of fused-ring (bicyclic) bond motifs is 8. The largest absolute Gasteiger partial charge is 0.292 e. The van der Waals surface area contributed by atoms with Crippen molar-refractivity contribution in [3.8, 4) is 0 Å². The summed E-state index contributed by atoms with van der Waals surface area (Å²) in [5.74, 6) is 0. The second-order valence-corrected chi connectivity index (χ2v) is 6.23. The number of para-hydroxylation sites is 1. The third kappa shape index (κ3) is 1.41. The van der Waals surface area contributed by atoms with Crippen molar-refractivity contribution in [1.29, 1.82) is 0 Å². The number of halogens is 1. The van der Waals surface area contributed by atoms with Crippen LogP contribution in [0.1, 0.15) is 0 Å². The van der Waals surface area contributed by atoms with Crippen LogP contribution in [0.15, 0.2) is 71.3 Å². The van der Waals surface area contributed by atoms with Crippen LogP contribution in [0.3, 0.4) is 0 Å². The van der Waals surface area contributed by atoms with Gasteiger partial charge in [-0.15, -0.1) is 0 Å². The van der Waals surface area contributed by atoms with Crippen molar-refractivity contribution in [1.82, 2.24) is 9.38 Å². The van der Waals surface area contributed by atoms with Crippen molar-refractivity contribution in [2.75, 3.05) is 0 Å². The van der Waals surface area contributed by atoms with Gasteiger partial charge in [0.25, 0.3) is 0 Å². The van der Waals surface area contributed by atoms with Gasteiger partial charge in [-0.1, -0.05) is 42.5 Å². The molecule has 0 bridgehead atoms. The van der Waals surface area contributed by atoms with Crippen molar-refractivity contribution < 1.29 is 0 Å².